The summed E-state index contributed by atoms with van der Waals surface area (Å²) in [5.41, 5.74) is -0.583. The molecular weight excluding hydrogens is 388 g/mol. The first-order valence-electron chi connectivity index (χ1n) is 13.1. The number of hydrogen-bond acceptors (Lipinski definition) is 4. The predicted octanol–water partition coefficient (Wildman–Crippen LogP) is 4.53. The van der Waals surface area contributed by atoms with Crippen molar-refractivity contribution in [2.45, 2.75) is 123 Å². The molecular formula is C27H48O4. The van der Waals surface area contributed by atoms with E-state index in [0.29, 0.717) is 35.5 Å². The molecule has 0 heterocycles. The molecule has 4 aliphatic rings. The molecule has 0 aliphatic heterocycles. The van der Waals surface area contributed by atoms with Crippen LogP contribution in [0.25, 0.3) is 0 Å². The van der Waals surface area contributed by atoms with Gasteiger partial charge in [-0.1, -0.05) is 33.6 Å². The summed E-state index contributed by atoms with van der Waals surface area (Å²) in [4.78, 5) is 0. The molecule has 0 aromatic carbocycles. The first-order chi connectivity index (χ1) is 14.4. The Kier molecular flexibility index (Phi) is 6.38. The van der Waals surface area contributed by atoms with Gasteiger partial charge in [0.2, 0.25) is 0 Å². The molecule has 4 heteroatoms. The van der Waals surface area contributed by atoms with E-state index in [4.69, 9.17) is 0 Å². The van der Waals surface area contributed by atoms with Crippen LogP contribution in [-0.2, 0) is 0 Å². The summed E-state index contributed by atoms with van der Waals surface area (Å²) in [5.74, 6) is 2.44. The van der Waals surface area contributed by atoms with Gasteiger partial charge < -0.3 is 20.4 Å². The van der Waals surface area contributed by atoms with E-state index in [2.05, 4.69) is 20.8 Å². The van der Waals surface area contributed by atoms with Gasteiger partial charge in [0.05, 0.1) is 23.9 Å². The van der Waals surface area contributed by atoms with Crippen LogP contribution in [0.3, 0.4) is 0 Å². The highest BCUT2D eigenvalue weighted by Gasteiger charge is 2.65. The largest absolute Gasteiger partial charge is 0.393 e. The van der Waals surface area contributed by atoms with Crippen molar-refractivity contribution >= 4 is 0 Å². The van der Waals surface area contributed by atoms with Crippen molar-refractivity contribution in [2.75, 3.05) is 0 Å². The molecule has 0 amide bonds. The van der Waals surface area contributed by atoms with Crippen LogP contribution in [0.15, 0.2) is 0 Å². The third-order valence-electron chi connectivity index (χ3n) is 11.0. The number of fused-ring (bicyclic) bond motifs is 5. The van der Waals surface area contributed by atoms with Crippen molar-refractivity contribution < 1.29 is 20.4 Å². The molecule has 0 bridgehead atoms. The molecule has 0 aromatic rings. The molecule has 4 N–H and O–H groups in total. The average Bonchev–Trinajstić information content (AvgIpc) is 3.01. The first-order valence-corrected chi connectivity index (χ1v) is 13.1. The van der Waals surface area contributed by atoms with Crippen molar-refractivity contribution in [3.05, 3.63) is 0 Å². The molecule has 11 atom stereocenters. The van der Waals surface area contributed by atoms with Crippen LogP contribution in [0.2, 0.25) is 0 Å². The highest BCUT2D eigenvalue weighted by molar-refractivity contribution is 5.14. The maximum atomic E-state index is 11.6. The van der Waals surface area contributed by atoms with Gasteiger partial charge in [-0.3, -0.25) is 0 Å². The number of aliphatic hydroxyl groups is 4. The van der Waals surface area contributed by atoms with Gasteiger partial charge in [0.15, 0.2) is 0 Å². The molecule has 4 fully saturated rings. The lowest BCUT2D eigenvalue weighted by Gasteiger charge is -2.63. The van der Waals surface area contributed by atoms with Gasteiger partial charge >= 0.3 is 0 Å². The van der Waals surface area contributed by atoms with Gasteiger partial charge in [0.25, 0.3) is 0 Å². The standard InChI is InChI=1S/C27H48O4/c1-16(7-6-11-25(2,3)31)19-8-9-20-24-21(15-23(30)27(19,20)5)26(4)12-10-18(28)13-17(26)14-22(24)29/h16-24,28-31H,6-15H2,1-5H3/t16-,17+,18-,19?,20+,21+,22-,23+,24+,26+,27-/m1/s1. The molecule has 4 rings (SSSR count). The Labute approximate surface area is 189 Å². The van der Waals surface area contributed by atoms with Gasteiger partial charge in [-0.25, -0.2) is 0 Å². The van der Waals surface area contributed by atoms with E-state index in [1.165, 1.54) is 0 Å². The van der Waals surface area contributed by atoms with E-state index in [9.17, 15) is 20.4 Å². The second kappa shape index (κ2) is 8.25. The lowest BCUT2D eigenvalue weighted by molar-refractivity contribution is -0.207. The SMILES string of the molecule is C[C@H](CCCC(C)(C)O)C1CC[C@H]2[C@@H]3[C@H](O)C[C@@H]4C[C@H](O)CC[C@]4(C)[C@H]3C[C@H](O)[C@]12C. The second-order valence-electron chi connectivity index (χ2n) is 13.2. The van der Waals surface area contributed by atoms with Crippen LogP contribution in [0.4, 0.5) is 0 Å². The van der Waals surface area contributed by atoms with Gasteiger partial charge in [0, 0.05) is 0 Å². The number of hydrogen-bond donors (Lipinski definition) is 4. The van der Waals surface area contributed by atoms with Crippen molar-refractivity contribution in [1.82, 2.24) is 0 Å². The normalized spacial score (nSPS) is 51.0. The molecule has 4 aliphatic carbocycles. The van der Waals surface area contributed by atoms with Crippen LogP contribution in [0.1, 0.15) is 98.8 Å². The van der Waals surface area contributed by atoms with Crippen molar-refractivity contribution in [1.29, 1.82) is 0 Å². The Bertz CT molecular complexity index is 644. The lowest BCUT2D eigenvalue weighted by atomic mass is 9.43. The van der Waals surface area contributed by atoms with Gasteiger partial charge in [-0.2, -0.15) is 0 Å². The zero-order valence-corrected chi connectivity index (χ0v) is 20.6. The molecule has 180 valence electrons. The van der Waals surface area contributed by atoms with Crippen LogP contribution in [0, 0.1) is 46.3 Å². The number of rotatable bonds is 5. The van der Waals surface area contributed by atoms with E-state index in [0.717, 1.165) is 64.2 Å². The van der Waals surface area contributed by atoms with E-state index in [-0.39, 0.29) is 29.1 Å². The molecule has 0 radical (unpaired) electrons. The lowest BCUT2D eigenvalue weighted by Crippen LogP contribution is -2.62. The Balaban J connectivity index is 1.54. The van der Waals surface area contributed by atoms with Gasteiger partial charge in [-0.15, -0.1) is 0 Å². The first kappa shape index (κ1) is 24.0. The van der Waals surface area contributed by atoms with Crippen molar-refractivity contribution in [3.8, 4) is 0 Å². The summed E-state index contributed by atoms with van der Waals surface area (Å²) >= 11 is 0. The van der Waals surface area contributed by atoms with E-state index in [1.54, 1.807) is 0 Å². The number of aliphatic hydroxyl groups excluding tert-OH is 3. The van der Waals surface area contributed by atoms with Crippen LogP contribution in [0.5, 0.6) is 0 Å². The van der Waals surface area contributed by atoms with E-state index in [1.807, 2.05) is 13.8 Å². The molecule has 4 nitrogen and oxygen atoms in total. The maximum Gasteiger partial charge on any atom is 0.0602 e. The predicted molar refractivity (Wildman–Crippen MR) is 123 cm³/mol. The maximum absolute atomic E-state index is 11.6. The average molecular weight is 437 g/mol. The fourth-order valence-electron chi connectivity index (χ4n) is 9.19. The highest BCUT2D eigenvalue weighted by atomic mass is 16.3. The molecule has 4 saturated carbocycles. The van der Waals surface area contributed by atoms with Crippen LogP contribution >= 0.6 is 0 Å². The summed E-state index contributed by atoms with van der Waals surface area (Å²) in [5, 5.41) is 43.3. The van der Waals surface area contributed by atoms with Gasteiger partial charge in [-0.05, 0) is 112 Å². The van der Waals surface area contributed by atoms with Gasteiger partial charge in [0.1, 0.15) is 0 Å². The Morgan fingerprint density at radius 2 is 1.68 bits per heavy atom. The molecule has 1 unspecified atom stereocenters. The third kappa shape index (κ3) is 4.02. The van der Waals surface area contributed by atoms with Crippen LogP contribution in [-0.4, -0.2) is 44.3 Å². The molecule has 0 spiro atoms. The minimum absolute atomic E-state index is 0.117. The smallest absolute Gasteiger partial charge is 0.0602 e. The Morgan fingerprint density at radius 1 is 0.968 bits per heavy atom. The quantitative estimate of drug-likeness (QED) is 0.511. The highest BCUT2D eigenvalue weighted by Crippen LogP contribution is 2.68. The Morgan fingerprint density at radius 3 is 2.35 bits per heavy atom. The van der Waals surface area contributed by atoms with Crippen LogP contribution < -0.4 is 0 Å². The minimum Gasteiger partial charge on any atom is -0.393 e. The summed E-state index contributed by atoms with van der Waals surface area (Å²) in [7, 11) is 0. The zero-order chi connectivity index (χ0) is 22.8. The Hall–Kier alpha value is -0.160. The molecule has 31 heavy (non-hydrogen) atoms. The third-order valence-corrected chi connectivity index (χ3v) is 11.0. The fraction of sp³-hybridized carbons (Fsp3) is 1.00. The zero-order valence-electron chi connectivity index (χ0n) is 20.6. The summed E-state index contributed by atoms with van der Waals surface area (Å²) in [6.07, 6.45) is 8.73. The summed E-state index contributed by atoms with van der Waals surface area (Å²) in [6, 6.07) is 0. The fourth-order valence-corrected chi connectivity index (χ4v) is 9.19. The minimum atomic E-state index is -0.606. The van der Waals surface area contributed by atoms with E-state index >= 15 is 0 Å². The van der Waals surface area contributed by atoms with Crippen molar-refractivity contribution in [2.24, 2.45) is 46.3 Å². The topological polar surface area (TPSA) is 80.9 Å². The molecule has 0 saturated heterocycles. The second-order valence-corrected chi connectivity index (χ2v) is 13.2. The summed E-state index contributed by atoms with van der Waals surface area (Å²) in [6.45, 7) is 10.8. The van der Waals surface area contributed by atoms with Crippen molar-refractivity contribution in [3.63, 3.8) is 0 Å². The summed E-state index contributed by atoms with van der Waals surface area (Å²) < 4.78 is 0. The monoisotopic (exact) mass is 436 g/mol. The molecule has 0 aromatic heterocycles. The van der Waals surface area contributed by atoms with E-state index < -0.39 is 5.60 Å².